The molecule has 0 spiro atoms. The molecule has 0 bridgehead atoms. The van der Waals surface area contributed by atoms with Crippen LogP contribution in [0.15, 0.2) is 0 Å². The summed E-state index contributed by atoms with van der Waals surface area (Å²) in [6.07, 6.45) is 1.57. The summed E-state index contributed by atoms with van der Waals surface area (Å²) < 4.78 is 0. The Hall–Kier alpha value is -1.47. The van der Waals surface area contributed by atoms with E-state index in [0.717, 1.165) is 23.4 Å². The molecule has 1 aliphatic heterocycles. The van der Waals surface area contributed by atoms with E-state index < -0.39 is 11.8 Å². The number of carbonyl (C=O) groups is 2. The van der Waals surface area contributed by atoms with E-state index in [1.807, 2.05) is 13.8 Å². The van der Waals surface area contributed by atoms with Crippen LogP contribution in [0, 0.1) is 13.8 Å². The number of rotatable bonds is 2. The van der Waals surface area contributed by atoms with Crippen molar-refractivity contribution >= 4 is 28.3 Å². The van der Waals surface area contributed by atoms with E-state index in [0.29, 0.717) is 5.13 Å². The summed E-state index contributed by atoms with van der Waals surface area (Å²) in [7, 11) is 0. The monoisotopic (exact) mass is 338 g/mol. The Kier molecular flexibility index (Phi) is 4.82. The molecule has 7 heteroatoms. The minimum atomic E-state index is -0.659. The summed E-state index contributed by atoms with van der Waals surface area (Å²) >= 11 is 1.37. The maximum Gasteiger partial charge on any atom is 0.315 e. The third kappa shape index (κ3) is 4.75. The molecule has 0 atom stereocenters. The number of thiazole rings is 1. The second-order valence-electron chi connectivity index (χ2n) is 7.59. The molecule has 1 saturated heterocycles. The standard InChI is InChI=1S/C16H26N4O2S/c1-9-10(2)23-14(17-9)19-13(22)12(21)18-11-7-15(3,4)20-16(5,6)8-11/h11,20H,7-8H2,1-6H3,(H,18,21)(H,17,19,22). The average Bonchev–Trinajstić information content (AvgIpc) is 2.63. The van der Waals surface area contributed by atoms with Gasteiger partial charge in [-0.3, -0.25) is 14.9 Å². The van der Waals surface area contributed by atoms with Crippen molar-refractivity contribution in [3.05, 3.63) is 10.6 Å². The number of hydrogen-bond donors (Lipinski definition) is 3. The van der Waals surface area contributed by atoms with Gasteiger partial charge >= 0.3 is 11.8 Å². The van der Waals surface area contributed by atoms with Crippen molar-refractivity contribution in [2.75, 3.05) is 5.32 Å². The molecule has 3 N–H and O–H groups in total. The maximum atomic E-state index is 12.2. The zero-order valence-corrected chi connectivity index (χ0v) is 15.5. The van der Waals surface area contributed by atoms with Crippen LogP contribution in [-0.4, -0.2) is 33.9 Å². The molecule has 0 radical (unpaired) electrons. The molecule has 0 unspecified atom stereocenters. The van der Waals surface area contributed by atoms with E-state index in [1.165, 1.54) is 11.3 Å². The van der Waals surface area contributed by atoms with Crippen molar-refractivity contribution in [2.45, 2.75) is 71.5 Å². The lowest BCUT2D eigenvalue weighted by Crippen LogP contribution is -2.62. The number of carbonyl (C=O) groups excluding carboxylic acids is 2. The van der Waals surface area contributed by atoms with Gasteiger partial charge in [0.25, 0.3) is 0 Å². The van der Waals surface area contributed by atoms with Gasteiger partial charge in [0.2, 0.25) is 0 Å². The quantitative estimate of drug-likeness (QED) is 0.721. The van der Waals surface area contributed by atoms with Crippen LogP contribution >= 0.6 is 11.3 Å². The fourth-order valence-electron chi connectivity index (χ4n) is 3.36. The number of hydrogen-bond acceptors (Lipinski definition) is 5. The second kappa shape index (κ2) is 6.20. The van der Waals surface area contributed by atoms with Crippen molar-refractivity contribution in [1.82, 2.24) is 15.6 Å². The number of amides is 2. The zero-order valence-electron chi connectivity index (χ0n) is 14.7. The number of piperidine rings is 1. The Bertz CT molecular complexity index is 586. The summed E-state index contributed by atoms with van der Waals surface area (Å²) in [6.45, 7) is 12.2. The topological polar surface area (TPSA) is 83.1 Å². The lowest BCUT2D eigenvalue weighted by atomic mass is 9.79. The zero-order chi connectivity index (χ0) is 17.4. The molecule has 0 saturated carbocycles. The van der Waals surface area contributed by atoms with Crippen LogP contribution in [0.3, 0.4) is 0 Å². The van der Waals surface area contributed by atoms with Gasteiger partial charge in [-0.1, -0.05) is 0 Å². The fraction of sp³-hybridized carbons (Fsp3) is 0.688. The highest BCUT2D eigenvalue weighted by atomic mass is 32.1. The molecule has 23 heavy (non-hydrogen) atoms. The Morgan fingerprint density at radius 1 is 1.13 bits per heavy atom. The lowest BCUT2D eigenvalue weighted by molar-refractivity contribution is -0.137. The predicted octanol–water partition coefficient (Wildman–Crippen LogP) is 2.12. The molecule has 1 aromatic rings. The normalized spacial score (nSPS) is 20.1. The molecule has 1 aromatic heterocycles. The van der Waals surface area contributed by atoms with Gasteiger partial charge in [0.05, 0.1) is 5.69 Å². The van der Waals surface area contributed by atoms with E-state index in [2.05, 4.69) is 48.6 Å². The van der Waals surface area contributed by atoms with Gasteiger partial charge in [0, 0.05) is 22.0 Å². The van der Waals surface area contributed by atoms with E-state index >= 15 is 0 Å². The first-order valence-electron chi connectivity index (χ1n) is 7.83. The number of aromatic nitrogens is 1. The Morgan fingerprint density at radius 3 is 2.17 bits per heavy atom. The molecule has 1 aliphatic rings. The van der Waals surface area contributed by atoms with Crippen molar-refractivity contribution < 1.29 is 9.59 Å². The molecular weight excluding hydrogens is 312 g/mol. The minimum Gasteiger partial charge on any atom is -0.345 e. The van der Waals surface area contributed by atoms with Gasteiger partial charge in [0.1, 0.15) is 0 Å². The molecule has 0 aliphatic carbocycles. The van der Waals surface area contributed by atoms with E-state index in [4.69, 9.17) is 0 Å². The molecule has 1 fully saturated rings. The molecule has 128 valence electrons. The van der Waals surface area contributed by atoms with Crippen molar-refractivity contribution in [2.24, 2.45) is 0 Å². The van der Waals surface area contributed by atoms with Crippen molar-refractivity contribution in [3.63, 3.8) is 0 Å². The molecule has 6 nitrogen and oxygen atoms in total. The van der Waals surface area contributed by atoms with Gasteiger partial charge in [-0.2, -0.15) is 0 Å². The fourth-order valence-corrected chi connectivity index (χ4v) is 4.17. The van der Waals surface area contributed by atoms with E-state index in [-0.39, 0.29) is 17.1 Å². The smallest absolute Gasteiger partial charge is 0.315 e. The molecule has 2 amide bonds. The summed E-state index contributed by atoms with van der Waals surface area (Å²) in [6, 6.07) is -0.0285. The Labute approximate surface area is 141 Å². The van der Waals surface area contributed by atoms with Crippen LogP contribution in [0.5, 0.6) is 0 Å². The maximum absolute atomic E-state index is 12.2. The molecule has 0 aromatic carbocycles. The number of nitrogens with zero attached hydrogens (tertiary/aromatic N) is 1. The van der Waals surface area contributed by atoms with Gasteiger partial charge in [0.15, 0.2) is 5.13 Å². The Balaban J connectivity index is 1.96. The van der Waals surface area contributed by atoms with Crippen LogP contribution in [0.4, 0.5) is 5.13 Å². The van der Waals surface area contributed by atoms with Crippen LogP contribution in [-0.2, 0) is 9.59 Å². The SMILES string of the molecule is Cc1nc(NC(=O)C(=O)NC2CC(C)(C)NC(C)(C)C2)sc1C. The lowest BCUT2D eigenvalue weighted by Gasteiger charge is -2.46. The van der Waals surface area contributed by atoms with Crippen LogP contribution in [0.25, 0.3) is 0 Å². The third-order valence-electron chi connectivity index (χ3n) is 3.98. The number of aryl methyl sites for hydroxylation is 2. The molecule has 2 heterocycles. The van der Waals surface area contributed by atoms with Crippen LogP contribution in [0.2, 0.25) is 0 Å². The highest BCUT2D eigenvalue weighted by Gasteiger charge is 2.38. The molecule has 2 rings (SSSR count). The van der Waals surface area contributed by atoms with E-state index in [1.54, 1.807) is 0 Å². The van der Waals surface area contributed by atoms with Gasteiger partial charge in [-0.25, -0.2) is 4.98 Å². The highest BCUT2D eigenvalue weighted by molar-refractivity contribution is 7.15. The first kappa shape index (κ1) is 17.9. The first-order valence-corrected chi connectivity index (χ1v) is 8.64. The predicted molar refractivity (Wildman–Crippen MR) is 92.7 cm³/mol. The average molecular weight is 338 g/mol. The van der Waals surface area contributed by atoms with Gasteiger partial charge < -0.3 is 10.6 Å². The summed E-state index contributed by atoms with van der Waals surface area (Å²) in [4.78, 5) is 29.5. The minimum absolute atomic E-state index is 0.0285. The first-order chi connectivity index (χ1) is 10.5. The van der Waals surface area contributed by atoms with Crippen LogP contribution in [0.1, 0.15) is 51.1 Å². The van der Waals surface area contributed by atoms with Gasteiger partial charge in [-0.05, 0) is 54.4 Å². The Morgan fingerprint density at radius 2 is 1.70 bits per heavy atom. The molecular formula is C16H26N4O2S. The van der Waals surface area contributed by atoms with Crippen LogP contribution < -0.4 is 16.0 Å². The number of anilines is 1. The van der Waals surface area contributed by atoms with Gasteiger partial charge in [-0.15, -0.1) is 11.3 Å². The second-order valence-corrected chi connectivity index (χ2v) is 8.79. The number of nitrogens with one attached hydrogen (secondary N) is 3. The van der Waals surface area contributed by atoms with Crippen molar-refractivity contribution in [3.8, 4) is 0 Å². The van der Waals surface area contributed by atoms with E-state index in [9.17, 15) is 9.59 Å². The summed E-state index contributed by atoms with van der Waals surface area (Å²) in [5.41, 5.74) is 0.701. The summed E-state index contributed by atoms with van der Waals surface area (Å²) in [5, 5.41) is 9.45. The highest BCUT2D eigenvalue weighted by Crippen LogP contribution is 2.28. The third-order valence-corrected chi connectivity index (χ3v) is 4.97. The summed E-state index contributed by atoms with van der Waals surface area (Å²) in [5.74, 6) is -1.26. The largest absolute Gasteiger partial charge is 0.345 e. The van der Waals surface area contributed by atoms with Crippen molar-refractivity contribution in [1.29, 1.82) is 0 Å².